The average molecular weight is 234 g/mol. The van der Waals surface area contributed by atoms with E-state index in [0.717, 1.165) is 11.3 Å². The number of hydrogen-bond donors (Lipinski definition) is 2. The molecule has 0 unspecified atom stereocenters. The van der Waals surface area contributed by atoms with Gasteiger partial charge in [-0.3, -0.25) is 0 Å². The second-order valence-electron chi connectivity index (χ2n) is 3.31. The lowest BCUT2D eigenvalue weighted by Crippen LogP contribution is -2.15. The van der Waals surface area contributed by atoms with Crippen LogP contribution in [0, 0.1) is 6.92 Å². The molecule has 0 saturated carbocycles. The molecule has 0 aliphatic heterocycles. The van der Waals surface area contributed by atoms with Gasteiger partial charge < -0.3 is 10.4 Å². The number of aryl methyl sites for hydroxylation is 1. The van der Waals surface area contributed by atoms with Crippen molar-refractivity contribution >= 4 is 28.9 Å². The van der Waals surface area contributed by atoms with Crippen LogP contribution < -0.4 is 5.32 Å². The molecular weight excluding hydrogens is 221 g/mol. The molecule has 14 heavy (non-hydrogen) atoms. The van der Waals surface area contributed by atoms with Crippen LogP contribution in [0.15, 0.2) is 12.1 Å². The molecule has 78 valence electrons. The molecule has 1 aromatic carbocycles. The second-order valence-corrected chi connectivity index (χ2v) is 4.13. The van der Waals surface area contributed by atoms with Crippen LogP contribution in [0.25, 0.3) is 0 Å². The van der Waals surface area contributed by atoms with Crippen molar-refractivity contribution in [1.82, 2.24) is 0 Å². The van der Waals surface area contributed by atoms with Crippen LogP contribution in [-0.2, 0) is 0 Å². The summed E-state index contributed by atoms with van der Waals surface area (Å²) in [5.74, 6) is 0. The topological polar surface area (TPSA) is 32.3 Å². The summed E-state index contributed by atoms with van der Waals surface area (Å²) in [7, 11) is 0. The van der Waals surface area contributed by atoms with E-state index in [4.69, 9.17) is 28.3 Å². The molecule has 0 aliphatic rings. The lowest BCUT2D eigenvalue weighted by Gasteiger charge is -2.11. The van der Waals surface area contributed by atoms with E-state index < -0.39 is 6.10 Å². The van der Waals surface area contributed by atoms with Crippen molar-refractivity contribution in [3.63, 3.8) is 0 Å². The number of hydrogen-bond acceptors (Lipinski definition) is 2. The fourth-order valence-corrected chi connectivity index (χ4v) is 1.49. The Morgan fingerprint density at radius 2 is 2.00 bits per heavy atom. The van der Waals surface area contributed by atoms with Crippen molar-refractivity contribution in [3.05, 3.63) is 27.7 Å². The Morgan fingerprint density at radius 3 is 2.57 bits per heavy atom. The number of aliphatic hydroxyl groups excluding tert-OH is 1. The van der Waals surface area contributed by atoms with E-state index in [-0.39, 0.29) is 0 Å². The molecule has 0 bridgehead atoms. The van der Waals surface area contributed by atoms with Gasteiger partial charge in [-0.1, -0.05) is 23.2 Å². The van der Waals surface area contributed by atoms with Crippen molar-refractivity contribution in [2.24, 2.45) is 0 Å². The predicted molar refractivity (Wildman–Crippen MR) is 61.4 cm³/mol. The molecule has 2 N–H and O–H groups in total. The highest BCUT2D eigenvalue weighted by Crippen LogP contribution is 2.28. The quantitative estimate of drug-likeness (QED) is 0.842. The normalized spacial score (nSPS) is 12.6. The van der Waals surface area contributed by atoms with Gasteiger partial charge in [-0.25, -0.2) is 0 Å². The van der Waals surface area contributed by atoms with Crippen molar-refractivity contribution in [2.45, 2.75) is 20.0 Å². The minimum Gasteiger partial charge on any atom is -0.392 e. The molecule has 1 aromatic rings. The minimum absolute atomic E-state index is 0.411. The van der Waals surface area contributed by atoms with Crippen LogP contribution in [0.2, 0.25) is 10.0 Å². The number of halogens is 2. The first-order valence-electron chi connectivity index (χ1n) is 4.38. The van der Waals surface area contributed by atoms with Gasteiger partial charge >= 0.3 is 0 Å². The molecule has 0 saturated heterocycles. The van der Waals surface area contributed by atoms with Gasteiger partial charge in [0.1, 0.15) is 0 Å². The van der Waals surface area contributed by atoms with E-state index in [1.807, 2.05) is 6.92 Å². The molecule has 2 nitrogen and oxygen atoms in total. The highest BCUT2D eigenvalue weighted by atomic mass is 35.5. The third-order valence-electron chi connectivity index (χ3n) is 1.84. The summed E-state index contributed by atoms with van der Waals surface area (Å²) in [6.45, 7) is 4.06. The molecule has 0 heterocycles. The van der Waals surface area contributed by atoms with Crippen molar-refractivity contribution in [1.29, 1.82) is 0 Å². The maximum Gasteiger partial charge on any atom is 0.0684 e. The number of aliphatic hydroxyl groups is 1. The van der Waals surface area contributed by atoms with E-state index in [2.05, 4.69) is 5.32 Å². The molecule has 0 radical (unpaired) electrons. The van der Waals surface area contributed by atoms with Crippen LogP contribution >= 0.6 is 23.2 Å². The molecule has 0 fully saturated rings. The molecule has 4 heteroatoms. The van der Waals surface area contributed by atoms with Gasteiger partial charge in [0.05, 0.1) is 16.8 Å². The van der Waals surface area contributed by atoms with Crippen LogP contribution in [-0.4, -0.2) is 17.8 Å². The monoisotopic (exact) mass is 233 g/mol. The number of nitrogens with one attached hydrogen (secondary N) is 1. The second kappa shape index (κ2) is 4.87. The Labute approximate surface area is 93.8 Å². The van der Waals surface area contributed by atoms with Gasteiger partial charge in [-0.15, -0.1) is 0 Å². The highest BCUT2D eigenvalue weighted by Gasteiger charge is 2.04. The summed E-state index contributed by atoms with van der Waals surface area (Å²) in [5, 5.41) is 13.4. The Hall–Kier alpha value is -0.440. The van der Waals surface area contributed by atoms with E-state index in [9.17, 15) is 0 Å². The fraction of sp³-hybridized carbons (Fsp3) is 0.400. The molecular formula is C10H13Cl2NO. The van der Waals surface area contributed by atoms with Gasteiger partial charge in [0.25, 0.3) is 0 Å². The van der Waals surface area contributed by atoms with E-state index in [1.54, 1.807) is 19.1 Å². The molecule has 1 atom stereocenters. The number of anilines is 1. The van der Waals surface area contributed by atoms with Gasteiger partial charge in [-0.05, 0) is 31.5 Å². The number of benzene rings is 1. The van der Waals surface area contributed by atoms with Crippen molar-refractivity contribution in [2.75, 3.05) is 11.9 Å². The van der Waals surface area contributed by atoms with Gasteiger partial charge in [-0.2, -0.15) is 0 Å². The van der Waals surface area contributed by atoms with Gasteiger partial charge in [0.2, 0.25) is 0 Å². The SMILES string of the molecule is Cc1cc(Cl)c(NC[C@H](C)O)cc1Cl. The largest absolute Gasteiger partial charge is 0.392 e. The standard InChI is InChI=1S/C10H13Cl2NO/c1-6-3-9(12)10(4-8(6)11)13-5-7(2)14/h3-4,7,13-14H,5H2,1-2H3/t7-/m0/s1. The smallest absolute Gasteiger partial charge is 0.0684 e. The first kappa shape index (κ1) is 11.6. The summed E-state index contributed by atoms with van der Waals surface area (Å²) >= 11 is 11.9. The average Bonchev–Trinajstić information content (AvgIpc) is 2.09. The predicted octanol–water partition coefficient (Wildman–Crippen LogP) is 3.09. The van der Waals surface area contributed by atoms with Crippen molar-refractivity contribution in [3.8, 4) is 0 Å². The first-order chi connectivity index (χ1) is 6.50. The van der Waals surface area contributed by atoms with Crippen LogP contribution in [0.1, 0.15) is 12.5 Å². The zero-order valence-corrected chi connectivity index (χ0v) is 9.65. The lowest BCUT2D eigenvalue weighted by atomic mass is 10.2. The molecule has 0 spiro atoms. The van der Waals surface area contributed by atoms with E-state index in [1.165, 1.54) is 0 Å². The Bertz CT molecular complexity index is 326. The summed E-state index contributed by atoms with van der Waals surface area (Å²) in [4.78, 5) is 0. The van der Waals surface area contributed by atoms with Crippen LogP contribution in [0.3, 0.4) is 0 Å². The van der Waals surface area contributed by atoms with Crippen LogP contribution in [0.4, 0.5) is 5.69 Å². The van der Waals surface area contributed by atoms with Crippen LogP contribution in [0.5, 0.6) is 0 Å². The van der Waals surface area contributed by atoms with E-state index in [0.29, 0.717) is 16.6 Å². The Morgan fingerprint density at radius 1 is 1.36 bits per heavy atom. The summed E-state index contributed by atoms with van der Waals surface area (Å²) in [6, 6.07) is 3.57. The summed E-state index contributed by atoms with van der Waals surface area (Å²) in [6.07, 6.45) is -0.411. The zero-order valence-electron chi connectivity index (χ0n) is 8.14. The van der Waals surface area contributed by atoms with Gasteiger partial charge in [0, 0.05) is 11.6 Å². The maximum absolute atomic E-state index is 9.09. The Kier molecular flexibility index (Phi) is 4.05. The lowest BCUT2D eigenvalue weighted by molar-refractivity contribution is 0.208. The highest BCUT2D eigenvalue weighted by molar-refractivity contribution is 6.35. The molecule has 0 amide bonds. The fourth-order valence-electron chi connectivity index (χ4n) is 1.04. The summed E-state index contributed by atoms with van der Waals surface area (Å²) in [5.41, 5.74) is 1.70. The van der Waals surface area contributed by atoms with Crippen molar-refractivity contribution < 1.29 is 5.11 Å². The third-order valence-corrected chi connectivity index (χ3v) is 2.56. The first-order valence-corrected chi connectivity index (χ1v) is 5.14. The maximum atomic E-state index is 9.09. The van der Waals surface area contributed by atoms with E-state index >= 15 is 0 Å². The summed E-state index contributed by atoms with van der Waals surface area (Å²) < 4.78 is 0. The molecule has 1 rings (SSSR count). The third kappa shape index (κ3) is 3.05. The Balaban J connectivity index is 2.82. The molecule has 0 aliphatic carbocycles. The molecule has 0 aromatic heterocycles. The van der Waals surface area contributed by atoms with Gasteiger partial charge in [0.15, 0.2) is 0 Å². The zero-order chi connectivity index (χ0) is 10.7. The number of rotatable bonds is 3. The minimum atomic E-state index is -0.411.